The van der Waals surface area contributed by atoms with Crippen LogP contribution in [0.25, 0.3) is 11.0 Å². The summed E-state index contributed by atoms with van der Waals surface area (Å²) in [7, 11) is 0. The topological polar surface area (TPSA) is 65.4 Å². The van der Waals surface area contributed by atoms with Crippen LogP contribution in [0.4, 0.5) is 0 Å². The predicted molar refractivity (Wildman–Crippen MR) is 157 cm³/mol. The normalized spacial score (nSPS) is 11.5. The van der Waals surface area contributed by atoms with E-state index >= 15 is 0 Å². The Bertz CT molecular complexity index is 1310. The molecular weight excluding hydrogens is 486 g/mol. The standard InChI is InChI=1S/C33H41N3O3/c1-33(2,3)26-18-20-28(21-19-26)38-24-12-23-36-30-16-10-9-15-29(30)35-31(36)17-8-5-11-22-34-32(37)25-39-27-13-6-4-7-14-27/h4,6-7,9-10,13-16,18-21H,5,8,11-12,17,22-25H2,1-3H3,(H,34,37). The van der Waals surface area contributed by atoms with Crippen molar-refractivity contribution < 1.29 is 14.3 Å². The van der Waals surface area contributed by atoms with E-state index in [9.17, 15) is 4.79 Å². The Morgan fingerprint density at radius 2 is 1.54 bits per heavy atom. The minimum atomic E-state index is -0.0898. The molecule has 0 aliphatic heterocycles. The molecule has 0 unspecified atom stereocenters. The fourth-order valence-corrected chi connectivity index (χ4v) is 4.56. The highest BCUT2D eigenvalue weighted by Crippen LogP contribution is 2.24. The van der Waals surface area contributed by atoms with Gasteiger partial charge >= 0.3 is 0 Å². The van der Waals surface area contributed by atoms with Gasteiger partial charge in [-0.25, -0.2) is 4.98 Å². The Labute approximate surface area is 232 Å². The number of ether oxygens (including phenoxy) is 2. The third-order valence-corrected chi connectivity index (χ3v) is 6.76. The summed E-state index contributed by atoms with van der Waals surface area (Å²) in [5.41, 5.74) is 3.66. The van der Waals surface area contributed by atoms with Gasteiger partial charge in [-0.1, -0.05) is 69.7 Å². The maximum atomic E-state index is 12.0. The van der Waals surface area contributed by atoms with Gasteiger partial charge in [0.05, 0.1) is 17.6 Å². The van der Waals surface area contributed by atoms with Gasteiger partial charge in [-0.3, -0.25) is 4.79 Å². The maximum Gasteiger partial charge on any atom is 0.257 e. The Balaban J connectivity index is 1.19. The van der Waals surface area contributed by atoms with E-state index in [4.69, 9.17) is 14.5 Å². The Kier molecular flexibility index (Phi) is 10.0. The molecule has 1 heterocycles. The zero-order valence-electron chi connectivity index (χ0n) is 23.5. The first kappa shape index (κ1) is 28.2. The zero-order chi connectivity index (χ0) is 27.5. The van der Waals surface area contributed by atoms with Crippen LogP contribution in [0, 0.1) is 0 Å². The van der Waals surface area contributed by atoms with Gasteiger partial charge in [0.15, 0.2) is 6.61 Å². The van der Waals surface area contributed by atoms with Crippen LogP contribution in [0.1, 0.15) is 57.8 Å². The van der Waals surface area contributed by atoms with Gasteiger partial charge < -0.3 is 19.4 Å². The van der Waals surface area contributed by atoms with Crippen molar-refractivity contribution in [1.29, 1.82) is 0 Å². The summed E-state index contributed by atoms with van der Waals surface area (Å²) in [4.78, 5) is 16.9. The number of imidazole rings is 1. The first-order valence-electron chi connectivity index (χ1n) is 14.0. The molecule has 0 bridgehead atoms. The molecule has 1 aromatic heterocycles. The SMILES string of the molecule is CC(C)(C)c1ccc(OCCCn2c(CCCCCNC(=O)COc3ccccc3)nc3ccccc32)cc1. The number of hydrogen-bond acceptors (Lipinski definition) is 4. The minimum Gasteiger partial charge on any atom is -0.494 e. The first-order valence-corrected chi connectivity index (χ1v) is 14.0. The average molecular weight is 528 g/mol. The van der Waals surface area contributed by atoms with Crippen molar-refractivity contribution in [3.8, 4) is 11.5 Å². The smallest absolute Gasteiger partial charge is 0.257 e. The van der Waals surface area contributed by atoms with Crippen molar-refractivity contribution in [1.82, 2.24) is 14.9 Å². The number of nitrogens with zero attached hydrogens (tertiary/aromatic N) is 2. The molecule has 4 aromatic rings. The summed E-state index contributed by atoms with van der Waals surface area (Å²) in [5.74, 6) is 2.65. The highest BCUT2D eigenvalue weighted by atomic mass is 16.5. The number of rotatable bonds is 14. The van der Waals surface area contributed by atoms with Crippen LogP contribution < -0.4 is 14.8 Å². The van der Waals surface area contributed by atoms with Crippen molar-refractivity contribution in [2.24, 2.45) is 0 Å². The number of carbonyl (C=O) groups is 1. The number of hydrogen-bond donors (Lipinski definition) is 1. The van der Waals surface area contributed by atoms with Crippen LogP contribution in [0.3, 0.4) is 0 Å². The molecule has 6 heteroatoms. The lowest BCUT2D eigenvalue weighted by atomic mass is 9.87. The number of benzene rings is 3. The third kappa shape index (κ3) is 8.60. The van der Waals surface area contributed by atoms with Crippen molar-refractivity contribution in [3.05, 3.63) is 90.3 Å². The largest absolute Gasteiger partial charge is 0.494 e. The fourth-order valence-electron chi connectivity index (χ4n) is 4.56. The number of carbonyl (C=O) groups excluding carboxylic acids is 1. The molecular formula is C33H41N3O3. The van der Waals surface area contributed by atoms with Crippen LogP contribution in [0.2, 0.25) is 0 Å². The van der Waals surface area contributed by atoms with Crippen LogP contribution >= 0.6 is 0 Å². The molecule has 0 radical (unpaired) electrons. The summed E-state index contributed by atoms with van der Waals surface area (Å²) in [6, 6.07) is 26.2. The van der Waals surface area contributed by atoms with Crippen LogP contribution in [0.15, 0.2) is 78.9 Å². The molecule has 0 aliphatic rings. The molecule has 1 amide bonds. The van der Waals surface area contributed by atoms with Crippen LogP contribution in [-0.2, 0) is 23.2 Å². The van der Waals surface area contributed by atoms with Crippen LogP contribution in [0.5, 0.6) is 11.5 Å². The third-order valence-electron chi connectivity index (χ3n) is 6.76. The van der Waals surface area contributed by atoms with E-state index in [2.05, 4.69) is 73.1 Å². The summed E-state index contributed by atoms with van der Waals surface area (Å²) in [6.45, 7) is 8.88. The molecule has 0 saturated heterocycles. The average Bonchev–Trinajstić information content (AvgIpc) is 3.29. The van der Waals surface area contributed by atoms with Crippen molar-refractivity contribution >= 4 is 16.9 Å². The molecule has 0 fully saturated rings. The summed E-state index contributed by atoms with van der Waals surface area (Å²) < 4.78 is 13.9. The quantitative estimate of drug-likeness (QED) is 0.185. The molecule has 6 nitrogen and oxygen atoms in total. The minimum absolute atomic E-state index is 0.0416. The molecule has 0 spiro atoms. The molecule has 206 valence electrons. The number of aryl methyl sites for hydroxylation is 2. The molecule has 0 saturated carbocycles. The lowest BCUT2D eigenvalue weighted by Gasteiger charge is -2.19. The molecule has 0 atom stereocenters. The van der Waals surface area contributed by atoms with E-state index in [1.54, 1.807) is 0 Å². The summed E-state index contributed by atoms with van der Waals surface area (Å²) in [5, 5.41) is 2.94. The number of amides is 1. The first-order chi connectivity index (χ1) is 18.9. The van der Waals surface area contributed by atoms with Gasteiger partial charge in [-0.15, -0.1) is 0 Å². The molecule has 1 N–H and O–H groups in total. The number of aromatic nitrogens is 2. The van der Waals surface area contributed by atoms with Gasteiger partial charge in [0, 0.05) is 19.5 Å². The molecule has 4 rings (SSSR count). The van der Waals surface area contributed by atoms with Gasteiger partial charge in [0.1, 0.15) is 17.3 Å². The van der Waals surface area contributed by atoms with E-state index < -0.39 is 0 Å². The van der Waals surface area contributed by atoms with Crippen LogP contribution in [-0.4, -0.2) is 35.2 Å². The molecule has 39 heavy (non-hydrogen) atoms. The predicted octanol–water partition coefficient (Wildman–Crippen LogP) is 6.71. The van der Waals surface area contributed by atoms with Gasteiger partial charge in [0.2, 0.25) is 0 Å². The van der Waals surface area contributed by atoms with E-state index in [0.29, 0.717) is 18.9 Å². The number of fused-ring (bicyclic) bond motifs is 1. The second-order valence-electron chi connectivity index (χ2n) is 10.9. The van der Waals surface area contributed by atoms with Gasteiger partial charge in [-0.2, -0.15) is 0 Å². The highest BCUT2D eigenvalue weighted by Gasteiger charge is 2.13. The Hall–Kier alpha value is -3.80. The lowest BCUT2D eigenvalue weighted by molar-refractivity contribution is -0.123. The van der Waals surface area contributed by atoms with E-state index in [-0.39, 0.29) is 17.9 Å². The highest BCUT2D eigenvalue weighted by molar-refractivity contribution is 5.77. The maximum absolute atomic E-state index is 12.0. The van der Waals surface area contributed by atoms with Gasteiger partial charge in [0.25, 0.3) is 5.91 Å². The van der Waals surface area contributed by atoms with Crippen molar-refractivity contribution in [2.45, 2.75) is 64.8 Å². The van der Waals surface area contributed by atoms with Crippen molar-refractivity contribution in [2.75, 3.05) is 19.8 Å². The Morgan fingerprint density at radius 1 is 0.821 bits per heavy atom. The summed E-state index contributed by atoms with van der Waals surface area (Å²) in [6.07, 6.45) is 4.80. The Morgan fingerprint density at radius 3 is 2.31 bits per heavy atom. The van der Waals surface area contributed by atoms with E-state index in [1.165, 1.54) is 11.1 Å². The van der Waals surface area contributed by atoms with E-state index in [1.807, 2.05) is 36.4 Å². The monoisotopic (exact) mass is 527 g/mol. The van der Waals surface area contributed by atoms with Crippen molar-refractivity contribution in [3.63, 3.8) is 0 Å². The fraction of sp³-hybridized carbons (Fsp3) is 0.394. The van der Waals surface area contributed by atoms with Gasteiger partial charge in [-0.05, 0) is 66.6 Å². The zero-order valence-corrected chi connectivity index (χ0v) is 23.5. The second-order valence-corrected chi connectivity index (χ2v) is 10.9. The molecule has 0 aliphatic carbocycles. The number of unbranched alkanes of at least 4 members (excludes halogenated alkanes) is 2. The second kappa shape index (κ2) is 13.8. The lowest BCUT2D eigenvalue weighted by Crippen LogP contribution is -2.29. The summed E-state index contributed by atoms with van der Waals surface area (Å²) >= 11 is 0. The number of nitrogens with one attached hydrogen (secondary N) is 1. The molecule has 3 aromatic carbocycles. The van der Waals surface area contributed by atoms with E-state index in [0.717, 1.165) is 55.7 Å². The number of para-hydroxylation sites is 3.